The molecule has 37 heavy (non-hydrogen) atoms. The first-order valence-corrected chi connectivity index (χ1v) is 12.5. The summed E-state index contributed by atoms with van der Waals surface area (Å²) >= 11 is 18.8. The van der Waals surface area contributed by atoms with Gasteiger partial charge in [0.2, 0.25) is 0 Å². The average molecular weight is 553 g/mol. The van der Waals surface area contributed by atoms with Crippen LogP contribution in [0, 0.1) is 0 Å². The number of halogens is 3. The van der Waals surface area contributed by atoms with Gasteiger partial charge < -0.3 is 5.32 Å². The summed E-state index contributed by atoms with van der Waals surface area (Å²) in [4.78, 5) is 13.7. The van der Waals surface area contributed by atoms with Gasteiger partial charge in [0.05, 0.1) is 22.4 Å². The number of rotatable bonds is 7. The van der Waals surface area contributed by atoms with E-state index in [1.54, 1.807) is 35.0 Å². The van der Waals surface area contributed by atoms with Crippen molar-refractivity contribution in [3.8, 4) is 16.9 Å². The lowest BCUT2D eigenvalue weighted by Gasteiger charge is -2.14. The largest absolute Gasteiger partial charge is 0.344 e. The molecule has 0 spiro atoms. The van der Waals surface area contributed by atoms with E-state index in [1.165, 1.54) is 0 Å². The van der Waals surface area contributed by atoms with Crippen LogP contribution in [0.1, 0.15) is 40.4 Å². The van der Waals surface area contributed by atoms with Gasteiger partial charge in [-0.3, -0.25) is 4.79 Å². The normalized spacial score (nSPS) is 11.9. The second kappa shape index (κ2) is 10.7. The SMILES string of the molecule is C[C@@H](NC(=O)c1nn(-c2ccccc2Cl)c(-c2ccc(Cl)cc2)c1Cc1nnn[nH]1)c1ccc(Cl)cc1. The molecule has 5 rings (SSSR count). The summed E-state index contributed by atoms with van der Waals surface area (Å²) in [5.41, 5.74) is 3.84. The lowest BCUT2D eigenvalue weighted by molar-refractivity contribution is 0.0933. The van der Waals surface area contributed by atoms with E-state index < -0.39 is 0 Å². The predicted octanol–water partition coefficient (Wildman–Crippen LogP) is 6.09. The van der Waals surface area contributed by atoms with Gasteiger partial charge in [-0.2, -0.15) is 5.10 Å². The van der Waals surface area contributed by atoms with Crippen molar-refractivity contribution in [2.45, 2.75) is 19.4 Å². The van der Waals surface area contributed by atoms with E-state index >= 15 is 0 Å². The number of benzene rings is 3. The van der Waals surface area contributed by atoms with Crippen molar-refractivity contribution in [2.24, 2.45) is 0 Å². The maximum Gasteiger partial charge on any atom is 0.272 e. The third-order valence-corrected chi connectivity index (χ3v) is 6.67. The van der Waals surface area contributed by atoms with Gasteiger partial charge >= 0.3 is 0 Å². The number of tetrazole rings is 1. The van der Waals surface area contributed by atoms with Gasteiger partial charge in [0.15, 0.2) is 11.5 Å². The third-order valence-electron chi connectivity index (χ3n) is 5.85. The Labute approximate surface area is 227 Å². The van der Waals surface area contributed by atoms with Gasteiger partial charge in [-0.1, -0.05) is 71.2 Å². The number of hydrogen-bond donors (Lipinski definition) is 2. The van der Waals surface area contributed by atoms with Crippen LogP contribution in [0.4, 0.5) is 0 Å². The van der Waals surface area contributed by atoms with Crippen LogP contribution in [-0.2, 0) is 6.42 Å². The number of hydrogen-bond acceptors (Lipinski definition) is 5. The zero-order valence-corrected chi connectivity index (χ0v) is 21.8. The monoisotopic (exact) mass is 551 g/mol. The first-order chi connectivity index (χ1) is 17.9. The Kier molecular flexibility index (Phi) is 7.23. The van der Waals surface area contributed by atoms with Gasteiger partial charge in [-0.15, -0.1) is 5.10 Å². The molecule has 3 aromatic carbocycles. The van der Waals surface area contributed by atoms with Crippen LogP contribution >= 0.6 is 34.8 Å². The lowest BCUT2D eigenvalue weighted by atomic mass is 10.0. The Morgan fingerprint density at radius 3 is 2.30 bits per heavy atom. The van der Waals surface area contributed by atoms with Gasteiger partial charge in [-0.25, -0.2) is 9.78 Å². The van der Waals surface area contributed by atoms with Crippen LogP contribution in [0.3, 0.4) is 0 Å². The van der Waals surface area contributed by atoms with E-state index in [0.717, 1.165) is 11.1 Å². The Morgan fingerprint density at radius 1 is 0.973 bits per heavy atom. The van der Waals surface area contributed by atoms with Crippen molar-refractivity contribution in [3.63, 3.8) is 0 Å². The van der Waals surface area contributed by atoms with Gasteiger partial charge in [0.25, 0.3) is 5.91 Å². The number of aromatic nitrogens is 6. The molecular formula is C26H20Cl3N7O. The standard InChI is InChI=1S/C26H20Cl3N7O/c1-15(16-6-10-18(27)11-7-16)30-26(37)24-20(14-23-31-34-35-32-23)25(17-8-12-19(28)13-9-17)36(33-24)22-5-3-2-4-21(22)29/h2-13,15H,14H2,1H3,(H,30,37)(H,31,32,34,35)/t15-/m1/s1. The van der Waals surface area contributed by atoms with Crippen molar-refractivity contribution in [3.05, 3.63) is 111 Å². The molecule has 0 bridgehead atoms. The van der Waals surface area contributed by atoms with E-state index in [2.05, 4.69) is 25.9 Å². The zero-order valence-electron chi connectivity index (χ0n) is 19.5. The maximum atomic E-state index is 13.7. The summed E-state index contributed by atoms with van der Waals surface area (Å²) in [5, 5.41) is 23.7. The molecule has 0 aliphatic rings. The molecule has 0 saturated carbocycles. The molecule has 8 nitrogen and oxygen atoms in total. The highest BCUT2D eigenvalue weighted by molar-refractivity contribution is 6.32. The second-order valence-electron chi connectivity index (χ2n) is 8.32. The fourth-order valence-electron chi connectivity index (χ4n) is 4.02. The van der Waals surface area contributed by atoms with Crippen molar-refractivity contribution in [1.29, 1.82) is 0 Å². The fraction of sp³-hybridized carbons (Fsp3) is 0.115. The zero-order chi connectivity index (χ0) is 25.9. The average Bonchev–Trinajstić information content (AvgIpc) is 3.54. The first-order valence-electron chi connectivity index (χ1n) is 11.3. The quantitative estimate of drug-likeness (QED) is 0.254. The highest BCUT2D eigenvalue weighted by Crippen LogP contribution is 2.34. The summed E-state index contributed by atoms with van der Waals surface area (Å²) < 4.78 is 1.67. The predicted molar refractivity (Wildman–Crippen MR) is 143 cm³/mol. The van der Waals surface area contributed by atoms with E-state index in [4.69, 9.17) is 39.9 Å². The Hall–Kier alpha value is -3.72. The molecule has 0 saturated heterocycles. The number of amides is 1. The minimum absolute atomic E-state index is 0.224. The molecule has 2 N–H and O–H groups in total. The van der Waals surface area contributed by atoms with E-state index in [1.807, 2.05) is 49.4 Å². The van der Waals surface area contributed by atoms with Gasteiger partial charge in [0, 0.05) is 27.6 Å². The Balaban J connectivity index is 1.66. The first kappa shape index (κ1) is 25.0. The summed E-state index contributed by atoms with van der Waals surface area (Å²) in [7, 11) is 0. The molecule has 0 unspecified atom stereocenters. The minimum atomic E-state index is -0.356. The van der Waals surface area contributed by atoms with Crippen LogP contribution in [0.15, 0.2) is 72.8 Å². The molecule has 5 aromatic rings. The number of carbonyl (C=O) groups excluding carboxylic acids is 1. The number of carbonyl (C=O) groups is 1. The molecule has 0 aliphatic heterocycles. The minimum Gasteiger partial charge on any atom is -0.344 e. The van der Waals surface area contributed by atoms with E-state index in [-0.39, 0.29) is 24.1 Å². The van der Waals surface area contributed by atoms with Crippen LogP contribution < -0.4 is 5.32 Å². The van der Waals surface area contributed by atoms with Crippen molar-refractivity contribution in [1.82, 2.24) is 35.7 Å². The van der Waals surface area contributed by atoms with E-state index in [0.29, 0.717) is 37.8 Å². The summed E-state index contributed by atoms with van der Waals surface area (Å²) in [6, 6.07) is 21.6. The van der Waals surface area contributed by atoms with Crippen LogP contribution in [0.5, 0.6) is 0 Å². The van der Waals surface area contributed by atoms with Crippen LogP contribution in [0.25, 0.3) is 16.9 Å². The highest BCUT2D eigenvalue weighted by atomic mass is 35.5. The number of nitrogens with zero attached hydrogens (tertiary/aromatic N) is 5. The van der Waals surface area contributed by atoms with Crippen molar-refractivity contribution < 1.29 is 4.79 Å². The van der Waals surface area contributed by atoms with Crippen LogP contribution in [-0.4, -0.2) is 36.3 Å². The van der Waals surface area contributed by atoms with Gasteiger partial charge in [-0.05, 0) is 59.3 Å². The topological polar surface area (TPSA) is 101 Å². The summed E-state index contributed by atoms with van der Waals surface area (Å²) in [6.45, 7) is 1.90. The van der Waals surface area contributed by atoms with Crippen molar-refractivity contribution in [2.75, 3.05) is 0 Å². The molecule has 2 heterocycles. The fourth-order valence-corrected chi connectivity index (χ4v) is 4.49. The molecule has 11 heteroatoms. The van der Waals surface area contributed by atoms with Crippen LogP contribution in [0.2, 0.25) is 15.1 Å². The molecule has 0 fully saturated rings. The number of H-pyrrole nitrogens is 1. The Bertz CT molecular complexity index is 1530. The molecule has 0 radical (unpaired) electrons. The molecular weight excluding hydrogens is 533 g/mol. The smallest absolute Gasteiger partial charge is 0.272 e. The highest BCUT2D eigenvalue weighted by Gasteiger charge is 2.27. The maximum absolute atomic E-state index is 13.7. The number of nitrogens with one attached hydrogen (secondary N) is 2. The molecule has 1 amide bonds. The lowest BCUT2D eigenvalue weighted by Crippen LogP contribution is -2.28. The second-order valence-corrected chi connectivity index (χ2v) is 9.60. The molecule has 1 atom stereocenters. The third kappa shape index (κ3) is 5.36. The Morgan fingerprint density at radius 2 is 1.65 bits per heavy atom. The van der Waals surface area contributed by atoms with Gasteiger partial charge in [0.1, 0.15) is 0 Å². The summed E-state index contributed by atoms with van der Waals surface area (Å²) in [6.07, 6.45) is 0.230. The van der Waals surface area contributed by atoms with E-state index in [9.17, 15) is 4.79 Å². The number of para-hydroxylation sites is 1. The summed E-state index contributed by atoms with van der Waals surface area (Å²) in [5.74, 6) is 0.125. The molecule has 0 aliphatic carbocycles. The molecule has 2 aromatic heterocycles. The number of aromatic amines is 1. The van der Waals surface area contributed by atoms with Crippen molar-refractivity contribution >= 4 is 40.7 Å². The molecule has 186 valence electrons.